The highest BCUT2D eigenvalue weighted by Gasteiger charge is 2.09. The van der Waals surface area contributed by atoms with Gasteiger partial charge in [0.05, 0.1) is 6.54 Å². The van der Waals surface area contributed by atoms with E-state index >= 15 is 0 Å². The molecule has 1 unspecified atom stereocenters. The number of likely N-dealkylation sites (N-methyl/N-ethyl adjacent to an activating group) is 1. The van der Waals surface area contributed by atoms with Crippen LogP contribution < -0.4 is 16.0 Å². The fraction of sp³-hybridized carbons (Fsp3) is 0.429. The molecule has 1 atom stereocenters. The molecule has 0 radical (unpaired) electrons. The molecule has 0 spiro atoms. The molecule has 0 heterocycles. The molecule has 1 aromatic rings. The van der Waals surface area contributed by atoms with Crippen LogP contribution in [0.2, 0.25) is 0 Å². The predicted octanol–water partition coefficient (Wildman–Crippen LogP) is 1.67. The lowest BCUT2D eigenvalue weighted by Gasteiger charge is -2.20. The van der Waals surface area contributed by atoms with Crippen molar-refractivity contribution in [1.29, 1.82) is 0 Å². The van der Waals surface area contributed by atoms with Crippen molar-refractivity contribution in [3.05, 3.63) is 29.8 Å². The largest absolute Gasteiger partial charge is 0.389 e. The van der Waals surface area contributed by atoms with E-state index in [1.807, 2.05) is 50.1 Å². The molecule has 3 N–H and O–H groups in total. The molecule has 0 aliphatic carbocycles. The van der Waals surface area contributed by atoms with E-state index in [2.05, 4.69) is 5.32 Å². The van der Waals surface area contributed by atoms with E-state index in [4.69, 9.17) is 18.0 Å². The van der Waals surface area contributed by atoms with Gasteiger partial charge in [-0.1, -0.05) is 19.1 Å². The third kappa shape index (κ3) is 4.87. The van der Waals surface area contributed by atoms with Crippen molar-refractivity contribution in [2.24, 2.45) is 5.73 Å². The van der Waals surface area contributed by atoms with Crippen molar-refractivity contribution in [3.63, 3.8) is 0 Å². The number of benzene rings is 1. The molecule has 0 fully saturated rings. The van der Waals surface area contributed by atoms with Gasteiger partial charge in [-0.3, -0.25) is 4.79 Å². The van der Waals surface area contributed by atoms with Crippen LogP contribution in [-0.4, -0.2) is 30.5 Å². The summed E-state index contributed by atoms with van der Waals surface area (Å²) in [6.07, 6.45) is 0.929. The Morgan fingerprint density at radius 3 is 2.47 bits per heavy atom. The first-order chi connectivity index (χ1) is 8.93. The second kappa shape index (κ2) is 7.09. The third-order valence-corrected chi connectivity index (χ3v) is 3.23. The zero-order valence-electron chi connectivity index (χ0n) is 11.6. The summed E-state index contributed by atoms with van der Waals surface area (Å²) >= 11 is 4.90. The molecule has 4 nitrogen and oxygen atoms in total. The van der Waals surface area contributed by atoms with Crippen LogP contribution in [0.15, 0.2) is 24.3 Å². The van der Waals surface area contributed by atoms with Gasteiger partial charge in [-0.25, -0.2) is 0 Å². The lowest BCUT2D eigenvalue weighted by molar-refractivity contribution is -0.120. The Hall–Kier alpha value is -1.62. The number of nitrogens with two attached hydrogens (primary N) is 1. The zero-order chi connectivity index (χ0) is 14.4. The summed E-state index contributed by atoms with van der Waals surface area (Å²) in [6.45, 7) is 4.37. The molecule has 1 rings (SSSR count). The fourth-order valence-corrected chi connectivity index (χ4v) is 1.75. The lowest BCUT2D eigenvalue weighted by atomic mass is 10.2. The maximum atomic E-state index is 11.8. The van der Waals surface area contributed by atoms with E-state index in [1.165, 1.54) is 0 Å². The van der Waals surface area contributed by atoms with Crippen LogP contribution in [0.4, 0.5) is 5.69 Å². The van der Waals surface area contributed by atoms with E-state index in [0.717, 1.165) is 17.7 Å². The summed E-state index contributed by atoms with van der Waals surface area (Å²) in [4.78, 5) is 14.0. The van der Waals surface area contributed by atoms with Crippen LogP contribution in [0.3, 0.4) is 0 Å². The number of thiocarbonyl (C=S) groups is 1. The highest BCUT2D eigenvalue weighted by Crippen LogP contribution is 2.13. The maximum Gasteiger partial charge on any atom is 0.239 e. The Balaban J connectivity index is 2.60. The molecule has 0 aliphatic heterocycles. The first kappa shape index (κ1) is 15.4. The molecule has 1 aromatic carbocycles. The summed E-state index contributed by atoms with van der Waals surface area (Å²) in [6, 6.07) is 7.75. The molecule has 0 saturated carbocycles. The number of hydrogen-bond acceptors (Lipinski definition) is 3. The van der Waals surface area contributed by atoms with Crippen LogP contribution in [0.1, 0.15) is 25.8 Å². The summed E-state index contributed by atoms with van der Waals surface area (Å²) in [5.74, 6) is 0.0234. The Morgan fingerprint density at radius 1 is 1.42 bits per heavy atom. The van der Waals surface area contributed by atoms with E-state index in [0.29, 0.717) is 11.5 Å². The van der Waals surface area contributed by atoms with Gasteiger partial charge in [-0.2, -0.15) is 0 Å². The first-order valence-corrected chi connectivity index (χ1v) is 6.75. The van der Waals surface area contributed by atoms with Gasteiger partial charge in [0.2, 0.25) is 5.91 Å². The Bertz CT molecular complexity index is 445. The van der Waals surface area contributed by atoms with Crippen molar-refractivity contribution in [1.82, 2.24) is 5.32 Å². The molecule has 19 heavy (non-hydrogen) atoms. The van der Waals surface area contributed by atoms with Crippen molar-refractivity contribution in [2.75, 3.05) is 18.5 Å². The molecule has 104 valence electrons. The highest BCUT2D eigenvalue weighted by atomic mass is 32.1. The van der Waals surface area contributed by atoms with E-state index < -0.39 is 0 Å². The summed E-state index contributed by atoms with van der Waals surface area (Å²) in [5.41, 5.74) is 7.33. The fourth-order valence-electron chi connectivity index (χ4n) is 1.61. The minimum absolute atomic E-state index is 0.0234. The molecule has 0 aromatic heterocycles. The van der Waals surface area contributed by atoms with Crippen molar-refractivity contribution >= 4 is 28.8 Å². The quantitative estimate of drug-likeness (QED) is 0.778. The molecule has 0 bridgehead atoms. The monoisotopic (exact) mass is 279 g/mol. The van der Waals surface area contributed by atoms with Gasteiger partial charge in [0.25, 0.3) is 0 Å². The van der Waals surface area contributed by atoms with Gasteiger partial charge in [0, 0.05) is 24.3 Å². The Kier molecular flexibility index (Phi) is 5.76. The highest BCUT2D eigenvalue weighted by molar-refractivity contribution is 7.80. The standard InChI is InChI=1S/C14H21N3OS/c1-4-10(2)16-13(18)9-17(3)12-7-5-11(6-8-12)14(15)19/h5-8,10H,4,9H2,1-3H3,(H2,15,19)(H,16,18). The van der Waals surface area contributed by atoms with Crippen molar-refractivity contribution in [3.8, 4) is 0 Å². The van der Waals surface area contributed by atoms with E-state index in [1.54, 1.807) is 0 Å². The SMILES string of the molecule is CCC(C)NC(=O)CN(C)c1ccc(C(N)=S)cc1. The number of nitrogens with zero attached hydrogens (tertiary/aromatic N) is 1. The minimum atomic E-state index is 0.0234. The second-order valence-corrected chi connectivity index (χ2v) is 5.08. The number of amides is 1. The number of carbonyl (C=O) groups excluding carboxylic acids is 1. The van der Waals surface area contributed by atoms with Gasteiger partial charge in [-0.15, -0.1) is 0 Å². The van der Waals surface area contributed by atoms with E-state index in [-0.39, 0.29) is 11.9 Å². The number of rotatable bonds is 6. The van der Waals surface area contributed by atoms with Crippen LogP contribution in [-0.2, 0) is 4.79 Å². The molecular weight excluding hydrogens is 258 g/mol. The second-order valence-electron chi connectivity index (χ2n) is 4.64. The van der Waals surface area contributed by atoms with Crippen LogP contribution >= 0.6 is 12.2 Å². The number of carbonyl (C=O) groups is 1. The van der Waals surface area contributed by atoms with Gasteiger partial charge < -0.3 is 16.0 Å². The Morgan fingerprint density at radius 2 is 2.00 bits per heavy atom. The molecule has 0 saturated heterocycles. The number of anilines is 1. The van der Waals surface area contributed by atoms with Gasteiger partial charge >= 0.3 is 0 Å². The molecule has 1 amide bonds. The van der Waals surface area contributed by atoms with Gasteiger partial charge in [0.15, 0.2) is 0 Å². The number of nitrogens with one attached hydrogen (secondary N) is 1. The maximum absolute atomic E-state index is 11.8. The summed E-state index contributed by atoms with van der Waals surface area (Å²) < 4.78 is 0. The number of hydrogen-bond donors (Lipinski definition) is 2. The topological polar surface area (TPSA) is 58.4 Å². The first-order valence-electron chi connectivity index (χ1n) is 6.34. The lowest BCUT2D eigenvalue weighted by Crippen LogP contribution is -2.39. The zero-order valence-corrected chi connectivity index (χ0v) is 12.5. The normalized spacial score (nSPS) is 11.7. The summed E-state index contributed by atoms with van der Waals surface area (Å²) in [5, 5.41) is 2.94. The summed E-state index contributed by atoms with van der Waals surface area (Å²) in [7, 11) is 1.88. The van der Waals surface area contributed by atoms with Crippen LogP contribution in [0.5, 0.6) is 0 Å². The van der Waals surface area contributed by atoms with Crippen LogP contribution in [0.25, 0.3) is 0 Å². The van der Waals surface area contributed by atoms with E-state index in [9.17, 15) is 4.79 Å². The molecular formula is C14H21N3OS. The molecule has 0 aliphatic rings. The van der Waals surface area contributed by atoms with Crippen LogP contribution in [0, 0.1) is 0 Å². The van der Waals surface area contributed by atoms with Gasteiger partial charge in [0.1, 0.15) is 4.99 Å². The minimum Gasteiger partial charge on any atom is -0.389 e. The van der Waals surface area contributed by atoms with Crippen molar-refractivity contribution < 1.29 is 4.79 Å². The smallest absolute Gasteiger partial charge is 0.239 e. The third-order valence-electron chi connectivity index (χ3n) is 2.99. The van der Waals surface area contributed by atoms with Crippen molar-refractivity contribution in [2.45, 2.75) is 26.3 Å². The predicted molar refractivity (Wildman–Crippen MR) is 83.5 cm³/mol. The average molecular weight is 279 g/mol. The average Bonchev–Trinajstić information content (AvgIpc) is 2.38. The van der Waals surface area contributed by atoms with Gasteiger partial charge in [-0.05, 0) is 37.6 Å². The molecule has 5 heteroatoms. The Labute approximate surface area is 120 Å².